The van der Waals surface area contributed by atoms with Crippen LogP contribution in [0.3, 0.4) is 0 Å². The molecule has 7 heteroatoms. The molecule has 1 aliphatic rings. The van der Waals surface area contributed by atoms with Crippen molar-refractivity contribution in [2.75, 3.05) is 0 Å². The first kappa shape index (κ1) is 12.7. The van der Waals surface area contributed by atoms with Gasteiger partial charge in [0.25, 0.3) is 0 Å². The third-order valence-corrected chi connectivity index (χ3v) is 5.28. The van der Waals surface area contributed by atoms with Crippen LogP contribution in [0.1, 0.15) is 40.8 Å². The van der Waals surface area contributed by atoms with Crippen LogP contribution in [0.4, 0.5) is 0 Å². The molecule has 1 aliphatic carbocycles. The van der Waals surface area contributed by atoms with Gasteiger partial charge in [0.15, 0.2) is 5.01 Å². The van der Waals surface area contributed by atoms with Gasteiger partial charge in [-0.1, -0.05) is 6.42 Å². The van der Waals surface area contributed by atoms with Crippen LogP contribution < -0.4 is 0 Å². The van der Waals surface area contributed by atoms with E-state index >= 15 is 0 Å². The van der Waals surface area contributed by atoms with Crippen molar-refractivity contribution in [3.63, 3.8) is 0 Å². The molecule has 3 aromatic rings. The van der Waals surface area contributed by atoms with Crippen LogP contribution in [-0.2, 0) is 0 Å². The van der Waals surface area contributed by atoms with E-state index < -0.39 is 0 Å². The molecule has 5 nitrogen and oxygen atoms in total. The zero-order valence-corrected chi connectivity index (χ0v) is 12.7. The van der Waals surface area contributed by atoms with E-state index in [0.717, 1.165) is 14.8 Å². The number of tetrazole rings is 1. The van der Waals surface area contributed by atoms with Gasteiger partial charge < -0.3 is 0 Å². The highest BCUT2D eigenvalue weighted by Gasteiger charge is 2.21. The maximum Gasteiger partial charge on any atom is 0.214 e. The van der Waals surface area contributed by atoms with E-state index in [-0.39, 0.29) is 0 Å². The van der Waals surface area contributed by atoms with Crippen LogP contribution in [0.2, 0.25) is 0 Å². The number of thiazole rings is 1. The number of nitrogens with one attached hydrogen (secondary N) is 1. The fraction of sp³-hybridized carbons (Fsp3) is 0.286. The van der Waals surface area contributed by atoms with Crippen molar-refractivity contribution in [1.29, 1.82) is 0 Å². The molecule has 0 spiro atoms. The van der Waals surface area contributed by atoms with Crippen LogP contribution in [-0.4, -0.2) is 25.6 Å². The second-order valence-corrected chi connectivity index (χ2v) is 6.80. The van der Waals surface area contributed by atoms with Gasteiger partial charge in [-0.2, -0.15) is 5.21 Å². The van der Waals surface area contributed by atoms with Gasteiger partial charge in [0, 0.05) is 11.3 Å². The Hall–Kier alpha value is -2.04. The molecule has 3 aromatic heterocycles. The summed E-state index contributed by atoms with van der Waals surface area (Å²) in [6.45, 7) is 0. The minimum absolute atomic E-state index is 0.606. The van der Waals surface area contributed by atoms with Crippen LogP contribution in [0.5, 0.6) is 0 Å². The summed E-state index contributed by atoms with van der Waals surface area (Å²) in [7, 11) is 0. The summed E-state index contributed by atoms with van der Waals surface area (Å²) in [4.78, 5) is 6.56. The Kier molecular flexibility index (Phi) is 3.25. The average Bonchev–Trinajstić information content (AvgIpc) is 3.16. The highest BCUT2D eigenvalue weighted by atomic mass is 32.1. The van der Waals surface area contributed by atoms with E-state index in [4.69, 9.17) is 0 Å². The molecular weight excluding hydrogens is 302 g/mol. The maximum atomic E-state index is 4.61. The summed E-state index contributed by atoms with van der Waals surface area (Å²) in [5.41, 5.74) is 1.22. The molecule has 0 radical (unpaired) electrons. The zero-order valence-electron chi connectivity index (χ0n) is 11.0. The van der Waals surface area contributed by atoms with Crippen molar-refractivity contribution in [2.24, 2.45) is 0 Å². The molecule has 104 valence electrons. The number of aromatic nitrogens is 5. The van der Waals surface area contributed by atoms with E-state index in [2.05, 4.69) is 42.8 Å². The van der Waals surface area contributed by atoms with Crippen LogP contribution in [0.15, 0.2) is 17.5 Å². The Bertz CT molecular complexity index is 802. The molecule has 3 heterocycles. The number of aromatic amines is 1. The van der Waals surface area contributed by atoms with Crippen molar-refractivity contribution in [2.45, 2.75) is 25.2 Å². The second kappa shape index (κ2) is 5.39. The molecular formula is C14H11N5S2. The highest BCUT2D eigenvalue weighted by Crippen LogP contribution is 2.36. The third-order valence-electron chi connectivity index (χ3n) is 3.51. The van der Waals surface area contributed by atoms with Gasteiger partial charge in [0.2, 0.25) is 5.82 Å². The van der Waals surface area contributed by atoms with Crippen LogP contribution >= 0.6 is 22.7 Å². The molecule has 0 bridgehead atoms. The van der Waals surface area contributed by atoms with E-state index in [1.54, 1.807) is 22.7 Å². The standard InChI is InChI=1S/C14H11N5S2/c1-2-9(3-1)11-8-20-13(15-11)7-5-10-4-6-12(21-10)14-16-18-19-17-14/h4,6,8-9H,1-3H2,(H,16,17,18,19). The smallest absolute Gasteiger partial charge is 0.214 e. The van der Waals surface area contributed by atoms with E-state index in [0.29, 0.717) is 11.7 Å². The van der Waals surface area contributed by atoms with Gasteiger partial charge in [-0.15, -0.1) is 32.9 Å². The van der Waals surface area contributed by atoms with Gasteiger partial charge in [-0.3, -0.25) is 0 Å². The Morgan fingerprint density at radius 2 is 2.19 bits per heavy atom. The summed E-state index contributed by atoms with van der Waals surface area (Å²) >= 11 is 3.19. The average molecular weight is 313 g/mol. The number of thiophene rings is 1. The Morgan fingerprint density at radius 3 is 2.95 bits per heavy atom. The number of H-pyrrole nitrogens is 1. The van der Waals surface area contributed by atoms with E-state index in [1.807, 2.05) is 12.1 Å². The number of nitrogens with zero attached hydrogens (tertiary/aromatic N) is 4. The van der Waals surface area contributed by atoms with Crippen molar-refractivity contribution in [3.8, 4) is 22.5 Å². The molecule has 0 aliphatic heterocycles. The summed E-state index contributed by atoms with van der Waals surface area (Å²) in [6, 6.07) is 3.94. The molecule has 1 fully saturated rings. The van der Waals surface area contributed by atoms with Gasteiger partial charge in [-0.05, 0) is 42.0 Å². The van der Waals surface area contributed by atoms with Crippen molar-refractivity contribution >= 4 is 22.7 Å². The normalized spacial score (nSPS) is 14.5. The lowest BCUT2D eigenvalue weighted by Gasteiger charge is -2.22. The van der Waals surface area contributed by atoms with Gasteiger partial charge in [0.05, 0.1) is 15.4 Å². The molecule has 0 amide bonds. The SMILES string of the molecule is C(#Cc1nc(C2CCC2)cs1)c1ccc(-c2nn[nH]n2)s1. The predicted octanol–water partition coefficient (Wildman–Crippen LogP) is 3.05. The van der Waals surface area contributed by atoms with E-state index in [9.17, 15) is 0 Å². The minimum Gasteiger partial charge on any atom is -0.232 e. The third kappa shape index (κ3) is 2.60. The Morgan fingerprint density at radius 1 is 1.24 bits per heavy atom. The van der Waals surface area contributed by atoms with Crippen molar-refractivity contribution < 1.29 is 0 Å². The number of hydrogen-bond acceptors (Lipinski definition) is 6. The van der Waals surface area contributed by atoms with Gasteiger partial charge >= 0.3 is 0 Å². The van der Waals surface area contributed by atoms with Crippen molar-refractivity contribution in [1.82, 2.24) is 25.6 Å². The summed E-state index contributed by atoms with van der Waals surface area (Å²) < 4.78 is 0. The lowest BCUT2D eigenvalue weighted by molar-refractivity contribution is 0.412. The number of hydrogen-bond donors (Lipinski definition) is 1. The molecule has 4 rings (SSSR count). The summed E-state index contributed by atoms with van der Waals surface area (Å²) in [5, 5.41) is 17.0. The van der Waals surface area contributed by atoms with E-state index in [1.165, 1.54) is 25.0 Å². The number of rotatable bonds is 2. The molecule has 1 saturated carbocycles. The lowest BCUT2D eigenvalue weighted by atomic mass is 9.83. The van der Waals surface area contributed by atoms with Crippen LogP contribution in [0.25, 0.3) is 10.7 Å². The molecule has 21 heavy (non-hydrogen) atoms. The molecule has 1 N–H and O–H groups in total. The minimum atomic E-state index is 0.606. The predicted molar refractivity (Wildman–Crippen MR) is 82.2 cm³/mol. The van der Waals surface area contributed by atoms with Crippen molar-refractivity contribution in [3.05, 3.63) is 33.1 Å². The summed E-state index contributed by atoms with van der Waals surface area (Å²) in [5.74, 6) is 7.58. The molecule has 0 unspecified atom stereocenters. The highest BCUT2D eigenvalue weighted by molar-refractivity contribution is 7.16. The fourth-order valence-electron chi connectivity index (χ4n) is 2.14. The maximum absolute atomic E-state index is 4.61. The molecule has 0 aromatic carbocycles. The first-order chi connectivity index (χ1) is 10.4. The monoisotopic (exact) mass is 313 g/mol. The fourth-order valence-corrected chi connectivity index (χ4v) is 3.68. The lowest BCUT2D eigenvalue weighted by Crippen LogP contribution is -2.08. The first-order valence-corrected chi connectivity index (χ1v) is 8.39. The zero-order chi connectivity index (χ0) is 14.1. The van der Waals surface area contributed by atoms with Gasteiger partial charge in [-0.25, -0.2) is 4.98 Å². The van der Waals surface area contributed by atoms with Gasteiger partial charge in [0.1, 0.15) is 0 Å². The quantitative estimate of drug-likeness (QED) is 0.738. The largest absolute Gasteiger partial charge is 0.232 e. The van der Waals surface area contributed by atoms with Crippen LogP contribution in [0, 0.1) is 11.8 Å². The second-order valence-electron chi connectivity index (χ2n) is 4.85. The molecule has 0 saturated heterocycles. The first-order valence-electron chi connectivity index (χ1n) is 6.69. The Labute approximate surface area is 129 Å². The molecule has 0 atom stereocenters. The topological polar surface area (TPSA) is 67.3 Å². The Balaban J connectivity index is 1.52. The summed E-state index contributed by atoms with van der Waals surface area (Å²) in [6.07, 6.45) is 3.88.